The second-order valence-electron chi connectivity index (χ2n) is 0. The molecule has 8 heavy (non-hydrogen) atoms. The van der Waals surface area contributed by atoms with E-state index < -0.39 is 0 Å². The Morgan fingerprint density at radius 1 is 0.625 bits per heavy atom. The molecule has 0 spiro atoms. The van der Waals surface area contributed by atoms with Crippen molar-refractivity contribution in [3.05, 3.63) is 0 Å². The van der Waals surface area contributed by atoms with Crippen molar-refractivity contribution in [1.29, 1.82) is 0 Å². The van der Waals surface area contributed by atoms with Crippen molar-refractivity contribution in [3.63, 3.8) is 0 Å². The Bertz CT molecular complexity index is 10.4. The molecule has 0 aromatic heterocycles. The third-order valence-electron chi connectivity index (χ3n) is 0. The molecular formula is C5H17Ar2P. The fraction of sp³-hybridized carbons (Fsp3) is 1.00. The summed E-state index contributed by atoms with van der Waals surface area (Å²) in [6, 6.07) is 0. The molecule has 0 aromatic carbocycles. The second kappa shape index (κ2) is 91.6. The second-order valence-corrected chi connectivity index (χ2v) is 0. The molecule has 0 aromatic rings. The van der Waals surface area contributed by atoms with E-state index in [9.17, 15) is 0 Å². The predicted molar refractivity (Wildman–Crippen MR) is 38.3 cm³/mol. The number of rotatable bonds is 0. The van der Waals surface area contributed by atoms with Crippen molar-refractivity contribution in [2.24, 2.45) is 0 Å². The number of hydrogen-bond acceptors (Lipinski definition) is 0. The van der Waals surface area contributed by atoms with Crippen LogP contribution in [0.4, 0.5) is 0 Å². The van der Waals surface area contributed by atoms with Crippen molar-refractivity contribution >= 4 is 9.24 Å². The fourth-order valence-corrected chi connectivity index (χ4v) is 0. The molecule has 3 heteroatoms. The Balaban J connectivity index is -0.00000000500. The van der Waals surface area contributed by atoms with Crippen LogP contribution in [0.2, 0.25) is 0 Å². The van der Waals surface area contributed by atoms with Crippen LogP contribution in [0.25, 0.3) is 0 Å². The molecule has 0 nitrogen and oxygen atoms in total. The van der Waals surface area contributed by atoms with E-state index in [2.05, 4.69) is 9.24 Å². The van der Waals surface area contributed by atoms with Gasteiger partial charge in [0.25, 0.3) is 0 Å². The average Bonchev–Trinajstić information content (AvgIpc) is 1.81. The van der Waals surface area contributed by atoms with Gasteiger partial charge in [-0.1, -0.05) is 34.4 Å². The Kier molecular flexibility index (Phi) is 351. The Morgan fingerprint density at radius 3 is 0.625 bits per heavy atom. The minimum absolute atomic E-state index is 0. The summed E-state index contributed by atoms with van der Waals surface area (Å²) >= 11 is 0. The van der Waals surface area contributed by atoms with Gasteiger partial charge in [-0.2, -0.15) is 0 Å². The molecule has 0 aliphatic carbocycles. The van der Waals surface area contributed by atoms with Crippen LogP contribution < -0.4 is 0 Å². The van der Waals surface area contributed by atoms with Crippen molar-refractivity contribution in [1.82, 2.24) is 0 Å². The van der Waals surface area contributed by atoms with Crippen LogP contribution in [0.15, 0.2) is 0 Å². The Labute approximate surface area is 117 Å². The van der Waals surface area contributed by atoms with E-state index in [4.69, 9.17) is 0 Å². The van der Waals surface area contributed by atoms with Crippen LogP contribution in [-0.2, 0) is 0 Å². The first-order valence-corrected chi connectivity index (χ1v) is 3.73. The summed E-state index contributed by atoms with van der Waals surface area (Å²) < 4.78 is 0. The van der Waals surface area contributed by atoms with Crippen molar-refractivity contribution in [3.8, 4) is 0 Å². The topological polar surface area (TPSA) is 0 Å². The van der Waals surface area contributed by atoms with E-state index >= 15 is 0 Å². The van der Waals surface area contributed by atoms with E-state index in [1.54, 1.807) is 0 Å². The third-order valence-corrected chi connectivity index (χ3v) is 0. The molecule has 58 valence electrons. The molecule has 0 saturated carbocycles. The van der Waals surface area contributed by atoms with E-state index in [-0.39, 0.29) is 75.5 Å². The minimum atomic E-state index is 0. The zero-order valence-electron chi connectivity index (χ0n) is 6.28. The molecule has 1 atom stereocenters. The normalized spacial score (nSPS) is 2.25. The standard InChI is InChI=1S/2C2H6.CH5P.2Ar/c3*1-2;;/h2*1-2H3;2H2,1H3;;. The zero-order valence-corrected chi connectivity index (χ0v) is 8.85. The van der Waals surface area contributed by atoms with Crippen LogP contribution in [-0.4, -0.2) is 6.66 Å². The summed E-state index contributed by atoms with van der Waals surface area (Å²) in [6.07, 6.45) is 0. The van der Waals surface area contributed by atoms with E-state index in [1.165, 1.54) is 0 Å². The SMILES string of the molecule is CC.CC.CP.[Ar].[Ar]. The minimum Gasteiger partial charge on any atom is -0.141 e. The molecule has 0 rings (SSSR count). The van der Waals surface area contributed by atoms with Gasteiger partial charge in [-0.3, -0.25) is 0 Å². The summed E-state index contributed by atoms with van der Waals surface area (Å²) in [5.41, 5.74) is 0. The van der Waals surface area contributed by atoms with Crippen LogP contribution in [0, 0.1) is 75.5 Å². The smallest absolute Gasteiger partial charge is 0 e. The van der Waals surface area contributed by atoms with Gasteiger partial charge in [-0.15, -0.1) is 9.24 Å². The maximum absolute atomic E-state index is 2.42. The molecule has 0 radical (unpaired) electrons. The van der Waals surface area contributed by atoms with Gasteiger partial charge in [-0.05, 0) is 0 Å². The molecule has 0 aliphatic rings. The maximum atomic E-state index is 2.42. The summed E-state index contributed by atoms with van der Waals surface area (Å²) in [5, 5.41) is 0. The van der Waals surface area contributed by atoms with E-state index in [0.29, 0.717) is 0 Å². The van der Waals surface area contributed by atoms with Gasteiger partial charge in [-0.25, -0.2) is 0 Å². The molecule has 1 unspecified atom stereocenters. The van der Waals surface area contributed by atoms with Gasteiger partial charge in [0.2, 0.25) is 0 Å². The van der Waals surface area contributed by atoms with Crippen LogP contribution in [0.1, 0.15) is 27.7 Å². The predicted octanol–water partition coefficient (Wildman–Crippen LogP) is 2.54. The quantitative estimate of drug-likeness (QED) is 0.512. The van der Waals surface area contributed by atoms with Crippen molar-refractivity contribution < 1.29 is 75.5 Å². The first-order valence-electron chi connectivity index (χ1n) is 2.58. The zero-order chi connectivity index (χ0) is 6.00. The Morgan fingerprint density at radius 2 is 0.625 bits per heavy atom. The third kappa shape index (κ3) is 65.0. The van der Waals surface area contributed by atoms with Gasteiger partial charge in [0, 0.05) is 75.5 Å². The summed E-state index contributed by atoms with van der Waals surface area (Å²) in [4.78, 5) is 0. The molecular weight excluding hydrogens is 171 g/mol. The van der Waals surface area contributed by atoms with Gasteiger partial charge >= 0.3 is 0 Å². The summed E-state index contributed by atoms with van der Waals surface area (Å²) in [6.45, 7) is 9.92. The van der Waals surface area contributed by atoms with Gasteiger partial charge in [0.1, 0.15) is 0 Å². The molecule has 0 bridgehead atoms. The largest absolute Gasteiger partial charge is 0.141 e. The molecule has 0 amide bonds. The van der Waals surface area contributed by atoms with Crippen molar-refractivity contribution in [2.45, 2.75) is 27.7 Å². The van der Waals surface area contributed by atoms with Crippen LogP contribution >= 0.6 is 9.24 Å². The van der Waals surface area contributed by atoms with E-state index in [1.807, 2.05) is 34.4 Å². The Hall–Kier alpha value is 2.95. The van der Waals surface area contributed by atoms with Gasteiger partial charge in [0.05, 0.1) is 0 Å². The average molecular weight is 188 g/mol. The molecule has 0 aliphatic heterocycles. The first-order chi connectivity index (χ1) is 3.00. The van der Waals surface area contributed by atoms with Crippen LogP contribution in [0.3, 0.4) is 0 Å². The van der Waals surface area contributed by atoms with Gasteiger partial charge in [0.15, 0.2) is 0 Å². The molecule has 0 N–H and O–H groups in total. The fourth-order valence-electron chi connectivity index (χ4n) is 0. The molecule has 0 heterocycles. The van der Waals surface area contributed by atoms with Crippen molar-refractivity contribution in [2.75, 3.05) is 6.66 Å². The summed E-state index contributed by atoms with van der Waals surface area (Å²) in [5.74, 6) is 0. The first kappa shape index (κ1) is 30.6. The maximum Gasteiger partial charge on any atom is 0 e. The monoisotopic (exact) mass is 188 g/mol. The number of hydrogen-bond donors (Lipinski definition) is 0. The van der Waals surface area contributed by atoms with Gasteiger partial charge < -0.3 is 0 Å². The summed E-state index contributed by atoms with van der Waals surface area (Å²) in [7, 11) is 2.42. The van der Waals surface area contributed by atoms with E-state index in [0.717, 1.165) is 0 Å². The molecule has 0 fully saturated rings. The van der Waals surface area contributed by atoms with Crippen LogP contribution in [0.5, 0.6) is 0 Å². The molecule has 0 saturated heterocycles.